The Bertz CT molecular complexity index is 1220. The Morgan fingerprint density at radius 1 is 1.15 bits per heavy atom. The number of anilines is 1. The van der Waals surface area contributed by atoms with Gasteiger partial charge in [0.05, 0.1) is 18.2 Å². The second-order valence-corrected chi connectivity index (χ2v) is 10.1. The summed E-state index contributed by atoms with van der Waals surface area (Å²) in [4.78, 5) is 29.1. The Morgan fingerprint density at radius 2 is 1.94 bits per heavy atom. The summed E-state index contributed by atoms with van der Waals surface area (Å²) in [6.07, 6.45) is 0.726. The topological polar surface area (TPSA) is 49.4 Å². The number of hydrogen-bond acceptors (Lipinski definition) is 3. The zero-order chi connectivity index (χ0) is 24.2. The first-order valence-electron chi connectivity index (χ1n) is 11.2. The van der Waals surface area contributed by atoms with Crippen LogP contribution in [0.1, 0.15) is 23.6 Å². The van der Waals surface area contributed by atoms with E-state index in [2.05, 4.69) is 11.4 Å². The van der Waals surface area contributed by atoms with Crippen molar-refractivity contribution in [2.45, 2.75) is 37.0 Å². The highest BCUT2D eigenvalue weighted by Gasteiger charge is 2.39. The normalized spacial score (nSPS) is 16.2. The average molecular weight is 497 g/mol. The van der Waals surface area contributed by atoms with E-state index in [0.717, 1.165) is 22.6 Å². The summed E-state index contributed by atoms with van der Waals surface area (Å²) in [7, 11) is 0. The highest BCUT2D eigenvalue weighted by Crippen LogP contribution is 2.42. The van der Waals surface area contributed by atoms with Crippen LogP contribution in [0, 0.1) is 18.7 Å². The number of para-hydroxylation sites is 1. The van der Waals surface area contributed by atoms with Crippen LogP contribution in [-0.2, 0) is 22.6 Å². The molecule has 3 aromatic carbocycles. The molecule has 2 amide bonds. The molecule has 1 heterocycles. The molecule has 0 spiro atoms. The quantitative estimate of drug-likeness (QED) is 0.450. The molecule has 0 saturated carbocycles. The van der Waals surface area contributed by atoms with E-state index in [1.807, 2.05) is 49.4 Å². The lowest BCUT2D eigenvalue weighted by Gasteiger charge is -2.36. The minimum Gasteiger partial charge on any atom is -0.355 e. The van der Waals surface area contributed by atoms with Crippen LogP contribution >= 0.6 is 23.4 Å². The highest BCUT2D eigenvalue weighted by molar-refractivity contribution is 8.01. The van der Waals surface area contributed by atoms with Crippen LogP contribution in [0.25, 0.3) is 0 Å². The van der Waals surface area contributed by atoms with Crippen LogP contribution in [0.4, 0.5) is 10.1 Å². The first-order valence-corrected chi connectivity index (χ1v) is 12.4. The third-order valence-electron chi connectivity index (χ3n) is 5.93. The molecule has 2 unspecified atom stereocenters. The van der Waals surface area contributed by atoms with Gasteiger partial charge in [-0.15, -0.1) is 11.8 Å². The predicted octanol–water partition coefficient (Wildman–Crippen LogP) is 5.79. The van der Waals surface area contributed by atoms with Gasteiger partial charge in [-0.05, 0) is 48.7 Å². The first-order chi connectivity index (χ1) is 16.3. The molecule has 4 nitrogen and oxygen atoms in total. The molecule has 1 aliphatic heterocycles. The van der Waals surface area contributed by atoms with Crippen LogP contribution in [0.2, 0.25) is 5.02 Å². The number of nitrogens with zero attached hydrogens (tertiary/aromatic N) is 1. The molecule has 176 valence electrons. The van der Waals surface area contributed by atoms with Gasteiger partial charge in [-0.25, -0.2) is 4.39 Å². The summed E-state index contributed by atoms with van der Waals surface area (Å²) in [5.74, 6) is -1.28. The van der Waals surface area contributed by atoms with Gasteiger partial charge in [-0.1, -0.05) is 66.6 Å². The Balaban J connectivity index is 1.49. The van der Waals surface area contributed by atoms with Crippen LogP contribution < -0.4 is 10.2 Å². The van der Waals surface area contributed by atoms with E-state index in [9.17, 15) is 14.0 Å². The number of hydrogen-bond donors (Lipinski definition) is 1. The van der Waals surface area contributed by atoms with E-state index in [0.29, 0.717) is 12.1 Å². The van der Waals surface area contributed by atoms with E-state index in [-0.39, 0.29) is 23.4 Å². The van der Waals surface area contributed by atoms with Gasteiger partial charge in [0, 0.05) is 16.5 Å². The van der Waals surface area contributed by atoms with Gasteiger partial charge in [-0.3, -0.25) is 9.59 Å². The minimum absolute atomic E-state index is 0.155. The third-order valence-corrected chi connectivity index (χ3v) is 7.74. The molecule has 0 radical (unpaired) electrons. The maximum atomic E-state index is 13.6. The Hall–Kier alpha value is -2.83. The Morgan fingerprint density at radius 3 is 2.71 bits per heavy atom. The van der Waals surface area contributed by atoms with E-state index >= 15 is 0 Å². The second kappa shape index (κ2) is 10.6. The monoisotopic (exact) mass is 496 g/mol. The number of carbonyl (C=O) groups is 2. The molecule has 2 atom stereocenters. The molecule has 0 bridgehead atoms. The lowest BCUT2D eigenvalue weighted by atomic mass is 10.0. The van der Waals surface area contributed by atoms with Crippen molar-refractivity contribution in [1.29, 1.82) is 0 Å². The second-order valence-electron chi connectivity index (χ2n) is 8.49. The van der Waals surface area contributed by atoms with Gasteiger partial charge < -0.3 is 10.2 Å². The molecule has 1 N–H and O–H groups in total. The molecular weight excluding hydrogens is 471 g/mol. The number of halogens is 2. The SMILES string of the molecule is Cc1cccc(CCNC(=O)C(C)C2Sc3ccccc3N(Cc3ccc(F)cc3Cl)C2=O)c1. The highest BCUT2D eigenvalue weighted by atomic mass is 35.5. The van der Waals surface area contributed by atoms with Crippen molar-refractivity contribution in [2.24, 2.45) is 5.92 Å². The van der Waals surface area contributed by atoms with Crippen molar-refractivity contribution in [2.75, 3.05) is 11.4 Å². The fraction of sp³-hybridized carbons (Fsp3) is 0.259. The number of fused-ring (bicyclic) bond motifs is 1. The van der Waals surface area contributed by atoms with Gasteiger partial charge in [0.25, 0.3) is 0 Å². The summed E-state index contributed by atoms with van der Waals surface area (Å²) < 4.78 is 13.5. The van der Waals surface area contributed by atoms with E-state index in [1.54, 1.807) is 17.9 Å². The maximum Gasteiger partial charge on any atom is 0.241 e. The molecule has 0 saturated heterocycles. The van der Waals surface area contributed by atoms with Crippen LogP contribution in [-0.4, -0.2) is 23.6 Å². The summed E-state index contributed by atoms with van der Waals surface area (Å²) in [6, 6.07) is 20.0. The molecule has 4 rings (SSSR count). The zero-order valence-electron chi connectivity index (χ0n) is 19.1. The fourth-order valence-corrected chi connectivity index (χ4v) is 5.55. The number of thioether (sulfide) groups is 1. The molecule has 1 aliphatic rings. The summed E-state index contributed by atoms with van der Waals surface area (Å²) in [5.41, 5.74) is 3.75. The van der Waals surface area contributed by atoms with Gasteiger partial charge in [0.15, 0.2) is 0 Å². The van der Waals surface area contributed by atoms with Crippen molar-refractivity contribution < 1.29 is 14.0 Å². The Kier molecular flexibility index (Phi) is 7.59. The Labute approximate surface area is 208 Å². The molecular formula is C27H26ClFN2O2S. The molecule has 0 aliphatic carbocycles. The van der Waals surface area contributed by atoms with Crippen LogP contribution in [0.3, 0.4) is 0 Å². The average Bonchev–Trinajstić information content (AvgIpc) is 2.81. The number of carbonyl (C=O) groups excluding carboxylic acids is 2. The van der Waals surface area contributed by atoms with Crippen molar-refractivity contribution in [1.82, 2.24) is 5.32 Å². The number of rotatable bonds is 7. The molecule has 0 fully saturated rings. The standard InChI is InChI=1S/C27H26ClFN2O2S/c1-17-6-5-7-19(14-17)12-13-30-26(32)18(2)25-27(33)31(23-8-3-4-9-24(23)34-25)16-20-10-11-21(29)15-22(20)28/h3-11,14-15,18,25H,12-13,16H2,1-2H3,(H,30,32). The minimum atomic E-state index is -0.576. The number of benzene rings is 3. The summed E-state index contributed by atoms with van der Waals surface area (Å²) in [6.45, 7) is 4.53. The first kappa shape index (κ1) is 24.3. The number of nitrogens with one attached hydrogen (secondary N) is 1. The lowest BCUT2D eigenvalue weighted by molar-refractivity contribution is -0.128. The van der Waals surface area contributed by atoms with E-state index in [1.165, 1.54) is 29.5 Å². The largest absolute Gasteiger partial charge is 0.355 e. The van der Waals surface area contributed by atoms with Crippen LogP contribution in [0.15, 0.2) is 71.6 Å². The van der Waals surface area contributed by atoms with Crippen molar-refractivity contribution in [3.63, 3.8) is 0 Å². The lowest BCUT2D eigenvalue weighted by Crippen LogP contribution is -2.47. The number of aryl methyl sites for hydroxylation is 1. The van der Waals surface area contributed by atoms with Crippen LogP contribution in [0.5, 0.6) is 0 Å². The van der Waals surface area contributed by atoms with E-state index in [4.69, 9.17) is 11.6 Å². The van der Waals surface area contributed by atoms with Gasteiger partial charge >= 0.3 is 0 Å². The maximum absolute atomic E-state index is 13.6. The number of amides is 2. The summed E-state index contributed by atoms with van der Waals surface area (Å²) >= 11 is 7.65. The van der Waals surface area contributed by atoms with Crippen molar-refractivity contribution in [3.8, 4) is 0 Å². The van der Waals surface area contributed by atoms with Gasteiger partial charge in [0.1, 0.15) is 11.1 Å². The zero-order valence-corrected chi connectivity index (χ0v) is 20.6. The smallest absolute Gasteiger partial charge is 0.241 e. The van der Waals surface area contributed by atoms with Crippen molar-refractivity contribution >= 4 is 40.9 Å². The fourth-order valence-electron chi connectivity index (χ4n) is 4.03. The molecule has 3 aromatic rings. The van der Waals surface area contributed by atoms with Gasteiger partial charge in [-0.2, -0.15) is 0 Å². The summed E-state index contributed by atoms with van der Waals surface area (Å²) in [5, 5.41) is 2.68. The third kappa shape index (κ3) is 5.45. The predicted molar refractivity (Wildman–Crippen MR) is 136 cm³/mol. The molecule has 7 heteroatoms. The van der Waals surface area contributed by atoms with E-state index < -0.39 is 17.0 Å². The molecule has 34 heavy (non-hydrogen) atoms. The van der Waals surface area contributed by atoms with Gasteiger partial charge in [0.2, 0.25) is 11.8 Å². The molecule has 0 aromatic heterocycles. The van der Waals surface area contributed by atoms with Crippen molar-refractivity contribution in [3.05, 3.63) is 94.3 Å².